The van der Waals surface area contributed by atoms with Crippen LogP contribution in [0.2, 0.25) is 0 Å². The van der Waals surface area contributed by atoms with Gasteiger partial charge in [0.05, 0.1) is 5.92 Å². The lowest BCUT2D eigenvalue weighted by Crippen LogP contribution is -2.17. The number of hydrogen-bond acceptors (Lipinski definition) is 5. The number of rotatable bonds is 5. The van der Waals surface area contributed by atoms with Crippen molar-refractivity contribution in [3.8, 4) is 0 Å². The van der Waals surface area contributed by atoms with E-state index in [1.807, 2.05) is 30.5 Å². The molecule has 0 aliphatic heterocycles. The van der Waals surface area contributed by atoms with Crippen molar-refractivity contribution in [3.63, 3.8) is 0 Å². The highest BCUT2D eigenvalue weighted by Gasteiger charge is 2.48. The molecule has 1 amide bonds. The van der Waals surface area contributed by atoms with Crippen LogP contribution in [-0.2, 0) is 10.2 Å². The second kappa shape index (κ2) is 6.11. The monoisotopic (exact) mass is 355 g/mol. The predicted octanol–water partition coefficient (Wildman–Crippen LogP) is 4.42. The molecule has 3 aromatic rings. The topological polar surface area (TPSA) is 54.9 Å². The first-order valence-electron chi connectivity index (χ1n) is 7.93. The van der Waals surface area contributed by atoms with Crippen LogP contribution < -0.4 is 5.32 Å². The molecule has 2 aromatic heterocycles. The Morgan fingerprint density at radius 1 is 1.17 bits per heavy atom. The minimum Gasteiger partial charge on any atom is -0.300 e. The summed E-state index contributed by atoms with van der Waals surface area (Å²) in [6.07, 6.45) is 2.18. The van der Waals surface area contributed by atoms with E-state index in [2.05, 4.69) is 39.8 Å². The summed E-state index contributed by atoms with van der Waals surface area (Å²) in [4.78, 5) is 13.4. The number of nitrogens with one attached hydrogen (secondary N) is 1. The normalized spacial score (nSPS) is 16.5. The van der Waals surface area contributed by atoms with Gasteiger partial charge < -0.3 is 0 Å². The van der Waals surface area contributed by atoms with Crippen LogP contribution in [0.15, 0.2) is 47.8 Å². The van der Waals surface area contributed by atoms with Crippen molar-refractivity contribution in [2.75, 3.05) is 5.32 Å². The second-order valence-corrected chi connectivity index (χ2v) is 8.04. The Bertz CT molecular complexity index is 838. The van der Waals surface area contributed by atoms with Crippen LogP contribution in [0, 0.1) is 0 Å². The third-order valence-corrected chi connectivity index (χ3v) is 6.60. The summed E-state index contributed by atoms with van der Waals surface area (Å²) >= 11 is 3.08. The van der Waals surface area contributed by atoms with Gasteiger partial charge in [-0.2, -0.15) is 0 Å². The van der Waals surface area contributed by atoms with Crippen molar-refractivity contribution in [1.82, 2.24) is 10.2 Å². The molecule has 1 aromatic carbocycles. The lowest BCUT2D eigenvalue weighted by atomic mass is 9.97. The molecule has 6 heteroatoms. The zero-order valence-electron chi connectivity index (χ0n) is 13.2. The molecule has 122 valence electrons. The van der Waals surface area contributed by atoms with Crippen molar-refractivity contribution in [1.29, 1.82) is 0 Å². The van der Waals surface area contributed by atoms with E-state index < -0.39 is 0 Å². The van der Waals surface area contributed by atoms with Gasteiger partial charge in [-0.3, -0.25) is 10.1 Å². The summed E-state index contributed by atoms with van der Waals surface area (Å²) < 4.78 is 0. The Morgan fingerprint density at radius 3 is 2.62 bits per heavy atom. The Kier molecular flexibility index (Phi) is 3.94. The SMILES string of the molecule is CC(C(=O)Nc1nnc(C2(c3ccccc3)CC2)s1)c1cccs1. The van der Waals surface area contributed by atoms with Crippen molar-refractivity contribution in [3.05, 3.63) is 63.3 Å². The third kappa shape index (κ3) is 2.76. The van der Waals surface area contributed by atoms with E-state index in [4.69, 9.17) is 0 Å². The van der Waals surface area contributed by atoms with Gasteiger partial charge in [0.25, 0.3) is 0 Å². The van der Waals surface area contributed by atoms with Crippen LogP contribution in [0.3, 0.4) is 0 Å². The maximum atomic E-state index is 12.4. The fourth-order valence-electron chi connectivity index (χ4n) is 2.86. The first-order chi connectivity index (χ1) is 11.7. The maximum absolute atomic E-state index is 12.4. The molecule has 0 radical (unpaired) electrons. The molecule has 0 bridgehead atoms. The van der Waals surface area contributed by atoms with Crippen LogP contribution in [0.25, 0.3) is 0 Å². The average molecular weight is 355 g/mol. The summed E-state index contributed by atoms with van der Waals surface area (Å²) in [5, 5.41) is 15.0. The van der Waals surface area contributed by atoms with Crippen molar-refractivity contribution < 1.29 is 4.79 Å². The van der Waals surface area contributed by atoms with E-state index in [0.29, 0.717) is 5.13 Å². The number of amides is 1. The molecule has 1 aliphatic rings. The number of aromatic nitrogens is 2. The van der Waals surface area contributed by atoms with Gasteiger partial charge in [-0.1, -0.05) is 47.7 Å². The van der Waals surface area contributed by atoms with E-state index in [1.54, 1.807) is 11.3 Å². The Hall–Kier alpha value is -2.05. The Labute approximate surface area is 148 Å². The number of benzene rings is 1. The summed E-state index contributed by atoms with van der Waals surface area (Å²) in [6, 6.07) is 14.4. The number of anilines is 1. The Balaban J connectivity index is 1.51. The van der Waals surface area contributed by atoms with E-state index in [1.165, 1.54) is 16.9 Å². The molecular weight excluding hydrogens is 338 g/mol. The van der Waals surface area contributed by atoms with Gasteiger partial charge >= 0.3 is 0 Å². The number of carbonyl (C=O) groups excluding carboxylic acids is 1. The second-order valence-electron chi connectivity index (χ2n) is 6.09. The quantitative estimate of drug-likeness (QED) is 0.737. The number of carbonyl (C=O) groups is 1. The Morgan fingerprint density at radius 2 is 1.96 bits per heavy atom. The van der Waals surface area contributed by atoms with E-state index in [-0.39, 0.29) is 17.2 Å². The van der Waals surface area contributed by atoms with Gasteiger partial charge in [0, 0.05) is 10.3 Å². The standard InChI is InChI=1S/C18H17N3OS2/c1-12(14-8-5-11-23-14)15(22)19-17-21-20-16(24-17)18(9-10-18)13-6-3-2-4-7-13/h2-8,11-12H,9-10H2,1H3,(H,19,21,22). The lowest BCUT2D eigenvalue weighted by Gasteiger charge is -2.11. The fourth-order valence-corrected chi connectivity index (χ4v) is 4.65. The fraction of sp³-hybridized carbons (Fsp3) is 0.278. The molecule has 1 unspecified atom stereocenters. The molecule has 1 fully saturated rings. The maximum Gasteiger partial charge on any atom is 0.234 e. The highest BCUT2D eigenvalue weighted by atomic mass is 32.1. The highest BCUT2D eigenvalue weighted by molar-refractivity contribution is 7.15. The highest BCUT2D eigenvalue weighted by Crippen LogP contribution is 2.54. The largest absolute Gasteiger partial charge is 0.300 e. The minimum absolute atomic E-state index is 0.00126. The van der Waals surface area contributed by atoms with Gasteiger partial charge in [-0.05, 0) is 36.8 Å². The summed E-state index contributed by atoms with van der Waals surface area (Å²) in [6.45, 7) is 1.91. The molecule has 4 nitrogen and oxygen atoms in total. The molecule has 0 spiro atoms. The number of nitrogens with zero attached hydrogens (tertiary/aromatic N) is 2. The van der Waals surface area contributed by atoms with Crippen molar-refractivity contribution >= 4 is 33.7 Å². The van der Waals surface area contributed by atoms with E-state index >= 15 is 0 Å². The summed E-state index contributed by atoms with van der Waals surface area (Å²) in [5.41, 5.74) is 1.28. The predicted molar refractivity (Wildman–Crippen MR) is 97.7 cm³/mol. The van der Waals surface area contributed by atoms with Crippen LogP contribution in [-0.4, -0.2) is 16.1 Å². The smallest absolute Gasteiger partial charge is 0.234 e. The van der Waals surface area contributed by atoms with Gasteiger partial charge in [0.1, 0.15) is 5.01 Å². The molecule has 1 saturated carbocycles. The zero-order valence-corrected chi connectivity index (χ0v) is 14.9. The molecule has 24 heavy (non-hydrogen) atoms. The summed E-state index contributed by atoms with van der Waals surface area (Å²) in [5.74, 6) is -0.217. The van der Waals surface area contributed by atoms with E-state index in [0.717, 1.165) is 22.7 Å². The molecule has 2 heterocycles. The van der Waals surface area contributed by atoms with Gasteiger partial charge in [0.2, 0.25) is 11.0 Å². The molecule has 0 saturated heterocycles. The van der Waals surface area contributed by atoms with Crippen LogP contribution in [0.5, 0.6) is 0 Å². The molecule has 1 atom stereocenters. The number of thiophene rings is 1. The lowest BCUT2D eigenvalue weighted by molar-refractivity contribution is -0.117. The average Bonchev–Trinajstić information content (AvgIpc) is 3.02. The van der Waals surface area contributed by atoms with Crippen LogP contribution >= 0.6 is 22.7 Å². The number of hydrogen-bond donors (Lipinski definition) is 1. The van der Waals surface area contributed by atoms with Gasteiger partial charge in [-0.15, -0.1) is 21.5 Å². The molecule has 4 rings (SSSR count). The third-order valence-electron chi connectivity index (χ3n) is 4.50. The van der Waals surface area contributed by atoms with Crippen LogP contribution in [0.1, 0.15) is 41.1 Å². The minimum atomic E-state index is -0.179. The molecular formula is C18H17N3OS2. The van der Waals surface area contributed by atoms with Gasteiger partial charge in [0.15, 0.2) is 0 Å². The molecule has 1 aliphatic carbocycles. The summed E-state index contributed by atoms with van der Waals surface area (Å²) in [7, 11) is 0. The van der Waals surface area contributed by atoms with Gasteiger partial charge in [-0.25, -0.2) is 0 Å². The molecule has 1 N–H and O–H groups in total. The van der Waals surface area contributed by atoms with E-state index in [9.17, 15) is 4.79 Å². The van der Waals surface area contributed by atoms with Crippen molar-refractivity contribution in [2.24, 2.45) is 0 Å². The first kappa shape index (κ1) is 15.5. The first-order valence-corrected chi connectivity index (χ1v) is 9.62. The van der Waals surface area contributed by atoms with Crippen molar-refractivity contribution in [2.45, 2.75) is 31.1 Å². The van der Waals surface area contributed by atoms with Crippen LogP contribution in [0.4, 0.5) is 5.13 Å². The zero-order chi connectivity index (χ0) is 16.6.